The second-order valence-electron chi connectivity index (χ2n) is 7.53. The fraction of sp³-hybridized carbons (Fsp3) is 0.455. The van der Waals surface area contributed by atoms with Gasteiger partial charge in [-0.05, 0) is 5.56 Å². The van der Waals surface area contributed by atoms with Crippen LogP contribution < -0.4 is 4.74 Å². The van der Waals surface area contributed by atoms with Gasteiger partial charge in [0.05, 0.1) is 19.9 Å². The van der Waals surface area contributed by atoms with E-state index in [2.05, 4.69) is 10.3 Å². The number of aromatic nitrogens is 3. The lowest BCUT2D eigenvalue weighted by Crippen LogP contribution is -2.64. The zero-order valence-corrected chi connectivity index (χ0v) is 19.5. The Morgan fingerprint density at radius 3 is 2.11 bits per heavy atom. The van der Waals surface area contributed by atoms with Crippen LogP contribution in [-0.4, -0.2) is 76.7 Å². The number of rotatable bonds is 8. The summed E-state index contributed by atoms with van der Waals surface area (Å²) in [6, 6.07) is 9.46. The van der Waals surface area contributed by atoms with Crippen molar-refractivity contribution in [1.82, 2.24) is 15.0 Å². The average molecular weight is 491 g/mol. The van der Waals surface area contributed by atoms with Gasteiger partial charge in [0.2, 0.25) is 12.4 Å². The molecule has 2 aromatic rings. The number of hydrogen-bond acceptors (Lipinski definition) is 12. The van der Waals surface area contributed by atoms with E-state index in [1.807, 2.05) is 30.3 Å². The third-order valence-corrected chi connectivity index (χ3v) is 4.78. The van der Waals surface area contributed by atoms with Gasteiger partial charge in [-0.3, -0.25) is 14.4 Å². The van der Waals surface area contributed by atoms with E-state index in [9.17, 15) is 19.2 Å². The Bertz CT molecular complexity index is 1060. The Hall–Kier alpha value is -4.00. The molecule has 0 amide bonds. The van der Waals surface area contributed by atoms with Gasteiger partial charge in [0.15, 0.2) is 18.3 Å². The van der Waals surface area contributed by atoms with Gasteiger partial charge in [0, 0.05) is 20.8 Å². The summed E-state index contributed by atoms with van der Waals surface area (Å²) in [6.07, 6.45) is -5.97. The van der Waals surface area contributed by atoms with E-state index in [1.165, 1.54) is 10.9 Å². The van der Waals surface area contributed by atoms with Crippen LogP contribution in [0.15, 0.2) is 36.5 Å². The molecule has 2 heterocycles. The fourth-order valence-corrected chi connectivity index (χ4v) is 3.48. The topological polar surface area (TPSA) is 154 Å². The number of benzene rings is 1. The highest BCUT2D eigenvalue weighted by atomic mass is 16.7. The molecule has 1 fully saturated rings. The van der Waals surface area contributed by atoms with Crippen molar-refractivity contribution in [3.05, 3.63) is 42.1 Å². The first-order valence-corrected chi connectivity index (χ1v) is 10.5. The van der Waals surface area contributed by atoms with E-state index in [4.69, 9.17) is 28.4 Å². The van der Waals surface area contributed by atoms with Crippen LogP contribution in [0.2, 0.25) is 0 Å². The van der Waals surface area contributed by atoms with Crippen molar-refractivity contribution in [3.8, 4) is 5.88 Å². The summed E-state index contributed by atoms with van der Waals surface area (Å²) in [5, 5.41) is 7.91. The molecule has 3 rings (SSSR count). The molecule has 13 heteroatoms. The molecule has 0 spiro atoms. The minimum atomic E-state index is -1.57. The van der Waals surface area contributed by atoms with Gasteiger partial charge in [0.1, 0.15) is 0 Å². The van der Waals surface area contributed by atoms with E-state index in [-0.39, 0.29) is 5.88 Å². The highest BCUT2D eigenvalue weighted by Crippen LogP contribution is 2.30. The molecule has 1 aliphatic heterocycles. The number of carbonyl (C=O) groups is 4. The van der Waals surface area contributed by atoms with Gasteiger partial charge >= 0.3 is 23.9 Å². The molecule has 1 aromatic carbocycles. The van der Waals surface area contributed by atoms with E-state index in [0.29, 0.717) is 6.54 Å². The monoisotopic (exact) mass is 491 g/mol. The SMILES string of the molecule is COC(=O)[C@H]1O[C@@H](Oc2cn(Cc3ccccc3)nn2)[C@H](OC(C)=O)[C@@H](OC(C)=O)[C@@H]1OC(C)=O. The summed E-state index contributed by atoms with van der Waals surface area (Å²) in [5.74, 6) is -3.32. The zero-order valence-electron chi connectivity index (χ0n) is 19.5. The summed E-state index contributed by atoms with van der Waals surface area (Å²) < 4.78 is 33.5. The predicted molar refractivity (Wildman–Crippen MR) is 114 cm³/mol. The highest BCUT2D eigenvalue weighted by molar-refractivity contribution is 5.77. The van der Waals surface area contributed by atoms with Gasteiger partial charge in [-0.1, -0.05) is 40.6 Å². The average Bonchev–Trinajstić information content (AvgIpc) is 3.23. The van der Waals surface area contributed by atoms with Crippen molar-refractivity contribution in [2.45, 2.75) is 58.0 Å². The summed E-state index contributed by atoms with van der Waals surface area (Å²) in [7, 11) is 1.10. The van der Waals surface area contributed by atoms with Gasteiger partial charge in [-0.2, -0.15) is 0 Å². The summed E-state index contributed by atoms with van der Waals surface area (Å²) in [6.45, 7) is 3.70. The van der Waals surface area contributed by atoms with E-state index >= 15 is 0 Å². The first kappa shape index (κ1) is 25.6. The smallest absolute Gasteiger partial charge is 0.339 e. The van der Waals surface area contributed by atoms with Crippen molar-refractivity contribution in [1.29, 1.82) is 0 Å². The van der Waals surface area contributed by atoms with Crippen LogP contribution in [0.5, 0.6) is 5.88 Å². The molecule has 0 saturated carbocycles. The Morgan fingerprint density at radius 2 is 1.51 bits per heavy atom. The van der Waals surface area contributed by atoms with Crippen molar-refractivity contribution < 1.29 is 47.6 Å². The standard InChI is InChI=1S/C22H25N3O10/c1-12(26)31-17-18(32-13(2)27)20(33-14(3)28)22(35-19(17)21(29)30-4)34-16-11-25(24-23-16)10-15-8-6-5-7-9-15/h5-9,11,17-20,22H,10H2,1-4H3/t17-,18-,19-,20+,22+/m0/s1. The molecule has 0 aliphatic carbocycles. The summed E-state index contributed by atoms with van der Waals surface area (Å²) in [5.41, 5.74) is 0.959. The van der Waals surface area contributed by atoms with Crippen LogP contribution in [0.4, 0.5) is 0 Å². The number of nitrogens with zero attached hydrogens (tertiary/aromatic N) is 3. The Balaban J connectivity index is 1.91. The van der Waals surface area contributed by atoms with Crippen LogP contribution in [0.1, 0.15) is 26.3 Å². The normalized spacial score (nSPS) is 23.6. The lowest BCUT2D eigenvalue weighted by Gasteiger charge is -2.42. The molecule has 13 nitrogen and oxygen atoms in total. The lowest BCUT2D eigenvalue weighted by atomic mass is 9.97. The van der Waals surface area contributed by atoms with Crippen LogP contribution >= 0.6 is 0 Å². The van der Waals surface area contributed by atoms with Crippen LogP contribution in [0.3, 0.4) is 0 Å². The minimum absolute atomic E-state index is 0.0285. The predicted octanol–water partition coefficient (Wildman–Crippen LogP) is 0.398. The zero-order chi connectivity index (χ0) is 25.5. The lowest BCUT2D eigenvalue weighted by molar-refractivity contribution is -0.283. The van der Waals surface area contributed by atoms with Gasteiger partial charge in [0.25, 0.3) is 5.88 Å². The first-order valence-electron chi connectivity index (χ1n) is 10.5. The van der Waals surface area contributed by atoms with Crippen molar-refractivity contribution in [2.24, 2.45) is 0 Å². The van der Waals surface area contributed by atoms with Gasteiger partial charge in [-0.15, -0.1) is 0 Å². The molecule has 0 N–H and O–H groups in total. The molecule has 1 saturated heterocycles. The van der Waals surface area contributed by atoms with Crippen LogP contribution in [-0.2, 0) is 49.4 Å². The quantitative estimate of drug-likeness (QED) is 0.371. The second kappa shape index (κ2) is 11.4. The van der Waals surface area contributed by atoms with Crippen LogP contribution in [0, 0.1) is 0 Å². The molecule has 1 aliphatic rings. The van der Waals surface area contributed by atoms with E-state index in [1.54, 1.807) is 0 Å². The maximum Gasteiger partial charge on any atom is 0.339 e. The third-order valence-electron chi connectivity index (χ3n) is 4.78. The van der Waals surface area contributed by atoms with Crippen molar-refractivity contribution in [3.63, 3.8) is 0 Å². The fourth-order valence-electron chi connectivity index (χ4n) is 3.48. The second-order valence-corrected chi connectivity index (χ2v) is 7.53. The largest absolute Gasteiger partial charge is 0.467 e. The number of esters is 4. The summed E-state index contributed by atoms with van der Waals surface area (Å²) >= 11 is 0. The molecule has 0 unspecified atom stereocenters. The number of carbonyl (C=O) groups excluding carboxylic acids is 4. The Morgan fingerprint density at radius 1 is 0.914 bits per heavy atom. The molecule has 188 valence electrons. The number of methoxy groups -OCH3 is 1. The molecular formula is C22H25N3O10. The van der Waals surface area contributed by atoms with Crippen molar-refractivity contribution >= 4 is 23.9 Å². The Labute approximate surface area is 200 Å². The van der Waals surface area contributed by atoms with Crippen LogP contribution in [0.25, 0.3) is 0 Å². The van der Waals surface area contributed by atoms with E-state index < -0.39 is 54.6 Å². The third kappa shape index (κ3) is 6.76. The number of ether oxygens (including phenoxy) is 6. The minimum Gasteiger partial charge on any atom is -0.467 e. The summed E-state index contributed by atoms with van der Waals surface area (Å²) in [4.78, 5) is 47.9. The number of hydrogen-bond donors (Lipinski definition) is 0. The molecular weight excluding hydrogens is 466 g/mol. The molecule has 0 bridgehead atoms. The highest BCUT2D eigenvalue weighted by Gasteiger charge is 2.56. The van der Waals surface area contributed by atoms with Gasteiger partial charge < -0.3 is 28.4 Å². The maximum atomic E-state index is 12.4. The molecule has 1 aromatic heterocycles. The van der Waals surface area contributed by atoms with Gasteiger partial charge in [-0.25, -0.2) is 9.48 Å². The van der Waals surface area contributed by atoms with E-state index in [0.717, 1.165) is 33.4 Å². The van der Waals surface area contributed by atoms with Crippen molar-refractivity contribution in [2.75, 3.05) is 7.11 Å². The molecule has 5 atom stereocenters. The molecule has 35 heavy (non-hydrogen) atoms. The maximum absolute atomic E-state index is 12.4. The Kier molecular flexibility index (Phi) is 8.36. The molecule has 0 radical (unpaired) electrons. The first-order chi connectivity index (χ1) is 16.7.